The van der Waals surface area contributed by atoms with E-state index in [1.807, 2.05) is 28.9 Å². The molecular weight excluding hydrogens is 226 g/mol. The average molecular weight is 243 g/mol. The molecule has 0 amide bonds. The van der Waals surface area contributed by atoms with E-state index in [4.69, 9.17) is 11.5 Å². The molecule has 3 rings (SSSR count). The fourth-order valence-corrected chi connectivity index (χ4v) is 2.37. The average Bonchev–Trinajstić information content (AvgIpc) is 2.81. The zero-order valence-electron chi connectivity index (χ0n) is 10.2. The maximum absolute atomic E-state index is 5.78. The fraction of sp³-hybridized carbons (Fsp3) is 0.385. The predicted molar refractivity (Wildman–Crippen MR) is 70.7 cm³/mol. The first-order valence-electron chi connectivity index (χ1n) is 6.26. The Hall–Kier alpha value is -1.88. The molecule has 2 aromatic rings. The summed E-state index contributed by atoms with van der Waals surface area (Å²) in [7, 11) is 0. The van der Waals surface area contributed by atoms with Gasteiger partial charge in [0.25, 0.3) is 0 Å². The van der Waals surface area contributed by atoms with E-state index >= 15 is 0 Å². The van der Waals surface area contributed by atoms with Crippen molar-refractivity contribution in [3.05, 3.63) is 30.1 Å². The minimum absolute atomic E-state index is 0.537. The minimum atomic E-state index is 0.537. The van der Waals surface area contributed by atoms with Gasteiger partial charge in [0.2, 0.25) is 0 Å². The molecule has 1 atom stereocenters. The van der Waals surface area contributed by atoms with Crippen LogP contribution in [-0.2, 0) is 13.0 Å². The molecule has 18 heavy (non-hydrogen) atoms. The monoisotopic (exact) mass is 243 g/mol. The minimum Gasteiger partial charge on any atom is -0.399 e. The molecule has 5 heteroatoms. The third-order valence-corrected chi connectivity index (χ3v) is 3.45. The summed E-state index contributed by atoms with van der Waals surface area (Å²) in [5.74, 6) is 2.33. The number of hydrogen-bond acceptors (Lipinski definition) is 4. The number of rotatable bonds is 2. The maximum Gasteiger partial charge on any atom is 0.181 e. The highest BCUT2D eigenvalue weighted by Gasteiger charge is 2.21. The van der Waals surface area contributed by atoms with Crippen LogP contribution in [-0.4, -0.2) is 21.3 Å². The molecule has 1 aromatic heterocycles. The molecule has 0 fully saturated rings. The Morgan fingerprint density at radius 1 is 1.39 bits per heavy atom. The second kappa shape index (κ2) is 4.42. The van der Waals surface area contributed by atoms with Gasteiger partial charge in [-0.05, 0) is 31.0 Å². The van der Waals surface area contributed by atoms with Crippen molar-refractivity contribution in [3.8, 4) is 11.4 Å². The molecule has 1 aliphatic rings. The number of anilines is 1. The van der Waals surface area contributed by atoms with Crippen LogP contribution in [0.3, 0.4) is 0 Å². The van der Waals surface area contributed by atoms with Crippen molar-refractivity contribution < 1.29 is 0 Å². The Morgan fingerprint density at radius 3 is 3.06 bits per heavy atom. The van der Waals surface area contributed by atoms with E-state index in [0.29, 0.717) is 5.92 Å². The lowest BCUT2D eigenvalue weighted by atomic mass is 9.98. The Kier molecular flexibility index (Phi) is 2.76. The Labute approximate surface area is 106 Å². The normalized spacial score (nSPS) is 18.6. The number of hydrogen-bond donors (Lipinski definition) is 2. The SMILES string of the molecule is NCC1CCn2nc(-c3cccc(N)c3)nc2C1. The van der Waals surface area contributed by atoms with E-state index in [1.54, 1.807) is 0 Å². The summed E-state index contributed by atoms with van der Waals surface area (Å²) in [6, 6.07) is 7.68. The summed E-state index contributed by atoms with van der Waals surface area (Å²) in [5.41, 5.74) is 13.2. The standard InChI is InChI=1S/C13H17N5/c14-8-9-4-5-18-12(6-9)16-13(17-18)10-2-1-3-11(15)7-10/h1-3,7,9H,4-6,8,14-15H2. The zero-order chi connectivity index (χ0) is 12.5. The van der Waals surface area contributed by atoms with Gasteiger partial charge in [-0.3, -0.25) is 0 Å². The lowest BCUT2D eigenvalue weighted by Gasteiger charge is -2.19. The summed E-state index contributed by atoms with van der Waals surface area (Å²) in [6.45, 7) is 1.63. The van der Waals surface area contributed by atoms with E-state index in [0.717, 1.165) is 48.8 Å². The largest absolute Gasteiger partial charge is 0.399 e. The van der Waals surface area contributed by atoms with Crippen molar-refractivity contribution in [3.63, 3.8) is 0 Å². The van der Waals surface area contributed by atoms with Crippen LogP contribution in [0, 0.1) is 5.92 Å². The number of nitrogens with zero attached hydrogens (tertiary/aromatic N) is 3. The van der Waals surface area contributed by atoms with Crippen LogP contribution in [0.2, 0.25) is 0 Å². The van der Waals surface area contributed by atoms with Gasteiger partial charge in [-0.1, -0.05) is 12.1 Å². The van der Waals surface area contributed by atoms with E-state index in [-0.39, 0.29) is 0 Å². The van der Waals surface area contributed by atoms with Gasteiger partial charge in [-0.15, -0.1) is 0 Å². The van der Waals surface area contributed by atoms with Crippen LogP contribution in [0.15, 0.2) is 24.3 Å². The Morgan fingerprint density at radius 2 is 2.28 bits per heavy atom. The highest BCUT2D eigenvalue weighted by molar-refractivity contribution is 5.60. The second-order valence-electron chi connectivity index (χ2n) is 4.79. The molecular formula is C13H17N5. The smallest absolute Gasteiger partial charge is 0.181 e. The van der Waals surface area contributed by atoms with Gasteiger partial charge in [-0.25, -0.2) is 9.67 Å². The Bertz CT molecular complexity index is 560. The van der Waals surface area contributed by atoms with Crippen LogP contribution >= 0.6 is 0 Å². The van der Waals surface area contributed by atoms with Crippen molar-refractivity contribution in [2.75, 3.05) is 12.3 Å². The first kappa shape index (κ1) is 11.2. The van der Waals surface area contributed by atoms with Crippen molar-refractivity contribution in [1.82, 2.24) is 14.8 Å². The summed E-state index contributed by atoms with van der Waals surface area (Å²) in [5, 5.41) is 4.54. The van der Waals surface area contributed by atoms with Gasteiger partial charge in [-0.2, -0.15) is 5.10 Å². The topological polar surface area (TPSA) is 82.8 Å². The third kappa shape index (κ3) is 1.97. The quantitative estimate of drug-likeness (QED) is 0.772. The summed E-state index contributed by atoms with van der Waals surface area (Å²) in [6.07, 6.45) is 2.01. The molecule has 0 spiro atoms. The second-order valence-corrected chi connectivity index (χ2v) is 4.79. The van der Waals surface area contributed by atoms with Crippen LogP contribution in [0.5, 0.6) is 0 Å². The van der Waals surface area contributed by atoms with Gasteiger partial charge < -0.3 is 11.5 Å². The van der Waals surface area contributed by atoms with Crippen LogP contribution in [0.4, 0.5) is 5.69 Å². The van der Waals surface area contributed by atoms with Gasteiger partial charge in [0.15, 0.2) is 5.82 Å². The first-order chi connectivity index (χ1) is 8.76. The Balaban J connectivity index is 1.94. The number of benzene rings is 1. The zero-order valence-corrected chi connectivity index (χ0v) is 10.2. The summed E-state index contributed by atoms with van der Waals surface area (Å²) >= 11 is 0. The molecule has 0 bridgehead atoms. The van der Waals surface area contributed by atoms with Crippen LogP contribution in [0.1, 0.15) is 12.2 Å². The molecule has 1 aromatic carbocycles. The molecule has 0 radical (unpaired) electrons. The predicted octanol–water partition coefficient (Wildman–Crippen LogP) is 1.05. The summed E-state index contributed by atoms with van der Waals surface area (Å²) < 4.78 is 1.99. The molecule has 4 N–H and O–H groups in total. The molecule has 0 saturated heterocycles. The molecule has 1 unspecified atom stereocenters. The van der Waals surface area contributed by atoms with E-state index < -0.39 is 0 Å². The molecule has 0 aliphatic carbocycles. The van der Waals surface area contributed by atoms with Gasteiger partial charge in [0, 0.05) is 24.2 Å². The van der Waals surface area contributed by atoms with Crippen LogP contribution in [0.25, 0.3) is 11.4 Å². The van der Waals surface area contributed by atoms with Gasteiger partial charge in [0.1, 0.15) is 5.82 Å². The molecule has 2 heterocycles. The number of aromatic nitrogens is 3. The fourth-order valence-electron chi connectivity index (χ4n) is 2.37. The molecule has 0 saturated carbocycles. The number of aryl methyl sites for hydroxylation is 1. The highest BCUT2D eigenvalue weighted by Crippen LogP contribution is 2.23. The number of nitrogen functional groups attached to an aromatic ring is 1. The van der Waals surface area contributed by atoms with Gasteiger partial charge >= 0.3 is 0 Å². The molecule has 94 valence electrons. The lowest BCUT2D eigenvalue weighted by Crippen LogP contribution is -2.25. The van der Waals surface area contributed by atoms with Crippen molar-refractivity contribution in [2.24, 2.45) is 11.7 Å². The summed E-state index contributed by atoms with van der Waals surface area (Å²) in [4.78, 5) is 4.60. The third-order valence-electron chi connectivity index (χ3n) is 3.45. The molecule has 1 aliphatic heterocycles. The first-order valence-corrected chi connectivity index (χ1v) is 6.26. The maximum atomic E-state index is 5.78. The van der Waals surface area contributed by atoms with E-state index in [9.17, 15) is 0 Å². The number of fused-ring (bicyclic) bond motifs is 1. The van der Waals surface area contributed by atoms with Crippen molar-refractivity contribution in [2.45, 2.75) is 19.4 Å². The van der Waals surface area contributed by atoms with Crippen molar-refractivity contribution >= 4 is 5.69 Å². The lowest BCUT2D eigenvalue weighted by molar-refractivity contribution is 0.369. The van der Waals surface area contributed by atoms with Crippen molar-refractivity contribution in [1.29, 1.82) is 0 Å². The van der Waals surface area contributed by atoms with E-state index in [2.05, 4.69) is 10.1 Å². The van der Waals surface area contributed by atoms with E-state index in [1.165, 1.54) is 0 Å². The number of nitrogens with two attached hydrogens (primary N) is 2. The van der Waals surface area contributed by atoms with Gasteiger partial charge in [0.05, 0.1) is 0 Å². The highest BCUT2D eigenvalue weighted by atomic mass is 15.3. The molecule has 5 nitrogen and oxygen atoms in total. The van der Waals surface area contributed by atoms with Crippen LogP contribution < -0.4 is 11.5 Å².